The Labute approximate surface area is 111 Å². The average molecular weight is 257 g/mol. The number of carbonyl (C=O) groups excluding carboxylic acids is 1. The van der Waals surface area contributed by atoms with Gasteiger partial charge in [0.15, 0.2) is 0 Å². The van der Waals surface area contributed by atoms with Crippen molar-refractivity contribution >= 4 is 5.91 Å². The van der Waals surface area contributed by atoms with E-state index < -0.39 is 0 Å². The monoisotopic (exact) mass is 257 g/mol. The van der Waals surface area contributed by atoms with E-state index in [1.54, 1.807) is 19.3 Å². The van der Waals surface area contributed by atoms with Gasteiger partial charge in [-0.15, -0.1) is 6.58 Å². The number of nitrogens with zero attached hydrogens (tertiary/aromatic N) is 1. The average Bonchev–Trinajstić information content (AvgIpc) is 2.94. The molecule has 0 aliphatic heterocycles. The highest BCUT2D eigenvalue weighted by atomic mass is 16.5. The summed E-state index contributed by atoms with van der Waals surface area (Å²) in [6.45, 7) is 3.97. The predicted molar refractivity (Wildman–Crippen MR) is 73.1 cm³/mol. The van der Waals surface area contributed by atoms with Crippen LogP contribution in [0.3, 0.4) is 0 Å². The van der Waals surface area contributed by atoms with E-state index in [-0.39, 0.29) is 5.91 Å². The molecule has 1 aromatic carbocycles. The number of amides is 1. The molecule has 0 aliphatic carbocycles. The first-order chi connectivity index (χ1) is 9.24. The molecular formula is C14H15N3O2. The molecule has 0 saturated heterocycles. The molecule has 0 fully saturated rings. The van der Waals surface area contributed by atoms with Crippen molar-refractivity contribution in [3.05, 3.63) is 48.7 Å². The maximum Gasteiger partial charge on any atom is 0.269 e. The SMILES string of the molecule is C=CCNC(=O)c1cc(-c2cccc(OC)c2)n[nH]1. The second kappa shape index (κ2) is 5.86. The summed E-state index contributed by atoms with van der Waals surface area (Å²) in [6, 6.07) is 9.20. The van der Waals surface area contributed by atoms with Crippen molar-refractivity contribution in [2.75, 3.05) is 13.7 Å². The quantitative estimate of drug-likeness (QED) is 0.805. The van der Waals surface area contributed by atoms with Gasteiger partial charge < -0.3 is 10.1 Å². The van der Waals surface area contributed by atoms with Crippen molar-refractivity contribution < 1.29 is 9.53 Å². The highest BCUT2D eigenvalue weighted by Crippen LogP contribution is 2.22. The first-order valence-corrected chi connectivity index (χ1v) is 5.83. The largest absolute Gasteiger partial charge is 0.497 e. The van der Waals surface area contributed by atoms with Crippen LogP contribution in [0.15, 0.2) is 43.0 Å². The highest BCUT2D eigenvalue weighted by molar-refractivity contribution is 5.93. The summed E-state index contributed by atoms with van der Waals surface area (Å²) in [6.07, 6.45) is 1.62. The maximum atomic E-state index is 11.7. The molecule has 5 heteroatoms. The fraction of sp³-hybridized carbons (Fsp3) is 0.143. The number of H-pyrrole nitrogens is 1. The molecule has 2 N–H and O–H groups in total. The first kappa shape index (κ1) is 12.9. The van der Waals surface area contributed by atoms with Gasteiger partial charge in [-0.05, 0) is 18.2 Å². The zero-order valence-corrected chi connectivity index (χ0v) is 10.6. The van der Waals surface area contributed by atoms with Gasteiger partial charge >= 0.3 is 0 Å². The Kier molecular flexibility index (Phi) is 3.97. The summed E-state index contributed by atoms with van der Waals surface area (Å²) in [5.74, 6) is 0.541. The van der Waals surface area contributed by atoms with Crippen molar-refractivity contribution in [1.29, 1.82) is 0 Å². The van der Waals surface area contributed by atoms with Crippen molar-refractivity contribution in [2.24, 2.45) is 0 Å². The highest BCUT2D eigenvalue weighted by Gasteiger charge is 2.10. The molecule has 0 saturated carbocycles. The van der Waals surface area contributed by atoms with Crippen LogP contribution in [0, 0.1) is 0 Å². The lowest BCUT2D eigenvalue weighted by atomic mass is 10.1. The lowest BCUT2D eigenvalue weighted by molar-refractivity contribution is 0.0953. The molecule has 1 aromatic heterocycles. The molecule has 0 bridgehead atoms. The van der Waals surface area contributed by atoms with Crippen LogP contribution in [0.25, 0.3) is 11.3 Å². The maximum absolute atomic E-state index is 11.7. The standard InChI is InChI=1S/C14H15N3O2/c1-3-7-15-14(18)13-9-12(16-17-13)10-5-4-6-11(8-10)19-2/h3-6,8-9H,1,7H2,2H3,(H,15,18)(H,16,17). The molecular weight excluding hydrogens is 242 g/mol. The van der Waals surface area contributed by atoms with Crippen molar-refractivity contribution in [3.8, 4) is 17.0 Å². The molecule has 0 radical (unpaired) electrons. The molecule has 5 nitrogen and oxygen atoms in total. The molecule has 1 amide bonds. The number of hydrogen-bond acceptors (Lipinski definition) is 3. The molecule has 2 aromatic rings. The Bertz CT molecular complexity index is 590. The van der Waals surface area contributed by atoms with E-state index in [0.29, 0.717) is 17.9 Å². The number of methoxy groups -OCH3 is 1. The zero-order valence-electron chi connectivity index (χ0n) is 10.6. The number of aromatic nitrogens is 2. The van der Waals surface area contributed by atoms with E-state index >= 15 is 0 Å². The normalized spacial score (nSPS) is 9.95. The zero-order chi connectivity index (χ0) is 13.7. The number of rotatable bonds is 5. The van der Waals surface area contributed by atoms with Crippen molar-refractivity contribution in [1.82, 2.24) is 15.5 Å². The number of aromatic amines is 1. The van der Waals surface area contributed by atoms with Crippen molar-refractivity contribution in [2.45, 2.75) is 0 Å². The predicted octanol–water partition coefficient (Wildman–Crippen LogP) is 2.00. The van der Waals surface area contributed by atoms with E-state index in [9.17, 15) is 4.79 Å². The topological polar surface area (TPSA) is 67.0 Å². The van der Waals surface area contributed by atoms with Crippen LogP contribution in [-0.4, -0.2) is 29.8 Å². The van der Waals surface area contributed by atoms with Crippen molar-refractivity contribution in [3.63, 3.8) is 0 Å². The first-order valence-electron chi connectivity index (χ1n) is 5.83. The Hall–Kier alpha value is -2.56. The minimum Gasteiger partial charge on any atom is -0.497 e. The molecule has 0 atom stereocenters. The molecule has 0 spiro atoms. The van der Waals surface area contributed by atoms with Crippen LogP contribution in [0.4, 0.5) is 0 Å². The summed E-state index contributed by atoms with van der Waals surface area (Å²) >= 11 is 0. The number of carbonyl (C=O) groups is 1. The van der Waals surface area contributed by atoms with Crippen LogP contribution in [0.2, 0.25) is 0 Å². The summed E-state index contributed by atoms with van der Waals surface area (Å²) < 4.78 is 5.16. The van der Waals surface area contributed by atoms with Gasteiger partial charge in [0.25, 0.3) is 5.91 Å². The Morgan fingerprint density at radius 3 is 3.11 bits per heavy atom. The minimum absolute atomic E-state index is 0.207. The molecule has 19 heavy (non-hydrogen) atoms. The summed E-state index contributed by atoms with van der Waals surface area (Å²) in [7, 11) is 1.61. The van der Waals surface area contributed by atoms with E-state index in [2.05, 4.69) is 22.1 Å². The van der Waals surface area contributed by atoms with E-state index in [1.807, 2.05) is 24.3 Å². The van der Waals surface area contributed by atoms with Crippen LogP contribution < -0.4 is 10.1 Å². The Morgan fingerprint density at radius 2 is 2.37 bits per heavy atom. The number of hydrogen-bond donors (Lipinski definition) is 2. The fourth-order valence-corrected chi connectivity index (χ4v) is 1.63. The van der Waals surface area contributed by atoms with Crippen LogP contribution in [0.1, 0.15) is 10.5 Å². The van der Waals surface area contributed by atoms with Crippen LogP contribution in [-0.2, 0) is 0 Å². The third kappa shape index (κ3) is 3.01. The van der Waals surface area contributed by atoms with Crippen LogP contribution >= 0.6 is 0 Å². The van der Waals surface area contributed by atoms with Gasteiger partial charge in [0, 0.05) is 12.1 Å². The van der Waals surface area contributed by atoms with Gasteiger partial charge in [-0.3, -0.25) is 9.89 Å². The summed E-state index contributed by atoms with van der Waals surface area (Å²) in [5.41, 5.74) is 2.00. The number of ether oxygens (including phenoxy) is 1. The number of benzene rings is 1. The molecule has 98 valence electrons. The molecule has 0 unspecified atom stereocenters. The number of nitrogens with one attached hydrogen (secondary N) is 2. The third-order valence-corrected chi connectivity index (χ3v) is 2.59. The van der Waals surface area contributed by atoms with Crippen LogP contribution in [0.5, 0.6) is 5.75 Å². The molecule has 2 rings (SSSR count). The lowest BCUT2D eigenvalue weighted by Gasteiger charge is -2.01. The molecule has 0 aliphatic rings. The Morgan fingerprint density at radius 1 is 1.53 bits per heavy atom. The molecule has 1 heterocycles. The second-order valence-corrected chi connectivity index (χ2v) is 3.90. The van der Waals surface area contributed by atoms with Gasteiger partial charge in [0.05, 0.1) is 12.8 Å². The second-order valence-electron chi connectivity index (χ2n) is 3.90. The lowest BCUT2D eigenvalue weighted by Crippen LogP contribution is -2.23. The van der Waals surface area contributed by atoms with E-state index in [0.717, 1.165) is 11.3 Å². The third-order valence-electron chi connectivity index (χ3n) is 2.59. The van der Waals surface area contributed by atoms with E-state index in [1.165, 1.54) is 0 Å². The van der Waals surface area contributed by atoms with Gasteiger partial charge in [-0.25, -0.2) is 0 Å². The Balaban J connectivity index is 2.20. The van der Waals surface area contributed by atoms with Gasteiger partial charge in [-0.1, -0.05) is 18.2 Å². The summed E-state index contributed by atoms with van der Waals surface area (Å²) in [5, 5.41) is 9.52. The fourth-order valence-electron chi connectivity index (χ4n) is 1.63. The van der Waals surface area contributed by atoms with E-state index in [4.69, 9.17) is 4.74 Å². The summed E-state index contributed by atoms with van der Waals surface area (Å²) in [4.78, 5) is 11.7. The minimum atomic E-state index is -0.207. The smallest absolute Gasteiger partial charge is 0.269 e. The van der Waals surface area contributed by atoms with Gasteiger partial charge in [0.1, 0.15) is 11.4 Å². The van der Waals surface area contributed by atoms with Gasteiger partial charge in [-0.2, -0.15) is 5.10 Å². The van der Waals surface area contributed by atoms with Gasteiger partial charge in [0.2, 0.25) is 0 Å².